The number of alkyl halides is 3. The number of amides is 1. The maximum Gasteiger partial charge on any atom is 0.418 e. The van der Waals surface area contributed by atoms with Gasteiger partial charge in [-0.1, -0.05) is 6.07 Å². The standard InChI is InChI=1S/C12H15F3N2OS/c1-7(6-19-2)17-11(18)8-4-3-5-9(10(8)16)12(13,14)15/h3-5,7H,6,16H2,1-2H3,(H,17,18). The Labute approximate surface area is 113 Å². The number of carbonyl (C=O) groups is 1. The molecule has 0 aliphatic heterocycles. The molecule has 0 bridgehead atoms. The van der Waals surface area contributed by atoms with E-state index in [1.54, 1.807) is 6.92 Å². The van der Waals surface area contributed by atoms with Crippen molar-refractivity contribution in [3.05, 3.63) is 29.3 Å². The quantitative estimate of drug-likeness (QED) is 0.839. The number of anilines is 1. The molecule has 1 atom stereocenters. The van der Waals surface area contributed by atoms with Gasteiger partial charge in [0.15, 0.2) is 0 Å². The molecule has 1 rings (SSSR count). The van der Waals surface area contributed by atoms with Crippen LogP contribution in [0, 0.1) is 0 Å². The molecule has 106 valence electrons. The molecule has 7 heteroatoms. The van der Waals surface area contributed by atoms with Gasteiger partial charge in [0, 0.05) is 11.8 Å². The molecule has 3 N–H and O–H groups in total. The second kappa shape index (κ2) is 6.18. The van der Waals surface area contributed by atoms with E-state index in [2.05, 4.69) is 5.32 Å². The number of nitrogens with two attached hydrogens (primary N) is 1. The lowest BCUT2D eigenvalue weighted by Gasteiger charge is -2.16. The average Bonchev–Trinajstić information content (AvgIpc) is 2.27. The minimum absolute atomic E-state index is 0.142. The molecule has 3 nitrogen and oxygen atoms in total. The Morgan fingerprint density at radius 2 is 2.11 bits per heavy atom. The van der Waals surface area contributed by atoms with E-state index in [4.69, 9.17) is 5.73 Å². The number of nitrogens with one attached hydrogen (secondary N) is 1. The minimum Gasteiger partial charge on any atom is -0.398 e. The Hall–Kier alpha value is -1.37. The molecule has 0 spiro atoms. The predicted molar refractivity (Wildman–Crippen MR) is 71.2 cm³/mol. The molecule has 0 radical (unpaired) electrons. The van der Waals surface area contributed by atoms with Crippen LogP contribution in [0.25, 0.3) is 0 Å². The van der Waals surface area contributed by atoms with Gasteiger partial charge in [0.25, 0.3) is 5.91 Å². The van der Waals surface area contributed by atoms with Crippen molar-refractivity contribution in [2.75, 3.05) is 17.7 Å². The number of halogens is 3. The SMILES string of the molecule is CSCC(C)NC(=O)c1cccc(C(F)(F)F)c1N. The highest BCUT2D eigenvalue weighted by molar-refractivity contribution is 7.98. The smallest absolute Gasteiger partial charge is 0.398 e. The molecule has 1 aromatic rings. The lowest BCUT2D eigenvalue weighted by Crippen LogP contribution is -2.34. The highest BCUT2D eigenvalue weighted by Crippen LogP contribution is 2.34. The zero-order valence-electron chi connectivity index (χ0n) is 10.5. The predicted octanol–water partition coefficient (Wildman–Crippen LogP) is 2.77. The van der Waals surface area contributed by atoms with Crippen LogP contribution in [-0.2, 0) is 6.18 Å². The molecular weight excluding hydrogens is 277 g/mol. The first-order valence-corrected chi connectivity index (χ1v) is 6.92. The van der Waals surface area contributed by atoms with Crippen molar-refractivity contribution in [3.8, 4) is 0 Å². The number of thioether (sulfide) groups is 1. The van der Waals surface area contributed by atoms with E-state index in [1.165, 1.54) is 23.9 Å². The van der Waals surface area contributed by atoms with E-state index in [1.807, 2.05) is 6.26 Å². The highest BCUT2D eigenvalue weighted by Gasteiger charge is 2.34. The minimum atomic E-state index is -4.56. The molecule has 19 heavy (non-hydrogen) atoms. The summed E-state index contributed by atoms with van der Waals surface area (Å²) < 4.78 is 38.0. The summed E-state index contributed by atoms with van der Waals surface area (Å²) in [5, 5.41) is 2.61. The van der Waals surface area contributed by atoms with Gasteiger partial charge in [-0.3, -0.25) is 4.79 Å². The summed E-state index contributed by atoms with van der Waals surface area (Å²) in [5.41, 5.74) is 3.76. The van der Waals surface area contributed by atoms with Crippen molar-refractivity contribution in [3.63, 3.8) is 0 Å². The van der Waals surface area contributed by atoms with Crippen LogP contribution in [-0.4, -0.2) is 24.0 Å². The van der Waals surface area contributed by atoms with Gasteiger partial charge in [0.1, 0.15) is 0 Å². The zero-order valence-corrected chi connectivity index (χ0v) is 11.4. The maximum atomic E-state index is 12.7. The number of carbonyl (C=O) groups excluding carboxylic acids is 1. The molecule has 0 heterocycles. The topological polar surface area (TPSA) is 55.1 Å². The molecule has 0 saturated heterocycles. The van der Waals surface area contributed by atoms with Crippen molar-refractivity contribution in [2.45, 2.75) is 19.1 Å². The molecule has 1 amide bonds. The Kier molecular flexibility index (Phi) is 5.11. The molecule has 0 aliphatic carbocycles. The summed E-state index contributed by atoms with van der Waals surface area (Å²) in [6.07, 6.45) is -2.69. The van der Waals surface area contributed by atoms with E-state index in [0.717, 1.165) is 6.07 Å². The highest BCUT2D eigenvalue weighted by atomic mass is 32.2. The Morgan fingerprint density at radius 1 is 1.47 bits per heavy atom. The fraction of sp³-hybridized carbons (Fsp3) is 0.417. The van der Waals surface area contributed by atoms with Crippen molar-refractivity contribution in [1.29, 1.82) is 0 Å². The summed E-state index contributed by atoms with van der Waals surface area (Å²) in [7, 11) is 0. The van der Waals surface area contributed by atoms with E-state index >= 15 is 0 Å². The van der Waals surface area contributed by atoms with E-state index in [0.29, 0.717) is 5.75 Å². The number of rotatable bonds is 4. The normalized spacial score (nSPS) is 13.1. The van der Waals surface area contributed by atoms with Gasteiger partial charge in [0.2, 0.25) is 0 Å². The van der Waals surface area contributed by atoms with E-state index < -0.39 is 23.3 Å². The summed E-state index contributed by atoms with van der Waals surface area (Å²) in [5.74, 6) is 0.0788. The Morgan fingerprint density at radius 3 is 2.63 bits per heavy atom. The fourth-order valence-corrected chi connectivity index (χ4v) is 2.19. The summed E-state index contributed by atoms with van der Waals surface area (Å²) >= 11 is 1.53. The third-order valence-electron chi connectivity index (χ3n) is 2.45. The van der Waals surface area contributed by atoms with Gasteiger partial charge in [-0.15, -0.1) is 0 Å². The van der Waals surface area contributed by atoms with E-state index in [9.17, 15) is 18.0 Å². The van der Waals surface area contributed by atoms with Crippen molar-refractivity contribution < 1.29 is 18.0 Å². The van der Waals surface area contributed by atoms with Crippen molar-refractivity contribution >= 4 is 23.4 Å². The summed E-state index contributed by atoms with van der Waals surface area (Å²) in [4.78, 5) is 11.9. The number of hydrogen-bond acceptors (Lipinski definition) is 3. The van der Waals surface area contributed by atoms with Gasteiger partial charge in [-0.25, -0.2) is 0 Å². The number of hydrogen-bond donors (Lipinski definition) is 2. The summed E-state index contributed by atoms with van der Waals surface area (Å²) in [6, 6.07) is 3.17. The second-order valence-electron chi connectivity index (χ2n) is 4.09. The Bertz CT molecular complexity index is 463. The molecule has 0 fully saturated rings. The molecule has 1 aromatic carbocycles. The van der Waals surface area contributed by atoms with Crippen molar-refractivity contribution in [2.24, 2.45) is 0 Å². The van der Waals surface area contributed by atoms with Gasteiger partial charge in [-0.2, -0.15) is 24.9 Å². The molecule has 0 saturated carbocycles. The second-order valence-corrected chi connectivity index (χ2v) is 5.01. The first kappa shape index (κ1) is 15.7. The van der Waals surface area contributed by atoms with Gasteiger partial charge >= 0.3 is 6.18 Å². The summed E-state index contributed by atoms with van der Waals surface area (Å²) in [6.45, 7) is 1.78. The molecule has 1 unspecified atom stereocenters. The first-order valence-electron chi connectivity index (χ1n) is 5.52. The monoisotopic (exact) mass is 292 g/mol. The largest absolute Gasteiger partial charge is 0.418 e. The van der Waals surface area contributed by atoms with Crippen LogP contribution in [0.4, 0.5) is 18.9 Å². The number of para-hydroxylation sites is 1. The van der Waals surface area contributed by atoms with E-state index in [-0.39, 0.29) is 11.6 Å². The van der Waals surface area contributed by atoms with Crippen LogP contribution < -0.4 is 11.1 Å². The lowest BCUT2D eigenvalue weighted by molar-refractivity contribution is -0.136. The number of benzene rings is 1. The average molecular weight is 292 g/mol. The van der Waals surface area contributed by atoms with Crippen LogP contribution in [0.1, 0.15) is 22.8 Å². The third-order valence-corrected chi connectivity index (χ3v) is 3.28. The first-order chi connectivity index (χ1) is 8.77. The van der Waals surface area contributed by atoms with Crippen LogP contribution in [0.15, 0.2) is 18.2 Å². The van der Waals surface area contributed by atoms with Gasteiger partial charge < -0.3 is 11.1 Å². The van der Waals surface area contributed by atoms with Crippen LogP contribution >= 0.6 is 11.8 Å². The zero-order chi connectivity index (χ0) is 14.6. The molecular formula is C12H15F3N2OS. The van der Waals surface area contributed by atoms with Crippen LogP contribution in [0.2, 0.25) is 0 Å². The maximum absolute atomic E-state index is 12.7. The van der Waals surface area contributed by atoms with Crippen molar-refractivity contribution in [1.82, 2.24) is 5.32 Å². The fourth-order valence-electron chi connectivity index (χ4n) is 1.60. The Balaban J connectivity index is 2.99. The van der Waals surface area contributed by atoms with Crippen LogP contribution in [0.5, 0.6) is 0 Å². The molecule has 0 aromatic heterocycles. The van der Waals surface area contributed by atoms with Crippen LogP contribution in [0.3, 0.4) is 0 Å². The molecule has 0 aliphatic rings. The lowest BCUT2D eigenvalue weighted by atomic mass is 10.1. The number of nitrogen functional groups attached to an aromatic ring is 1. The van der Waals surface area contributed by atoms with Gasteiger partial charge in [0.05, 0.1) is 16.8 Å². The van der Waals surface area contributed by atoms with Gasteiger partial charge in [-0.05, 0) is 25.3 Å². The third kappa shape index (κ3) is 4.05.